The first-order valence-electron chi connectivity index (χ1n) is 6.94. The van der Waals surface area contributed by atoms with E-state index in [1.807, 2.05) is 35.2 Å². The van der Waals surface area contributed by atoms with Gasteiger partial charge in [0.05, 0.1) is 12.6 Å². The summed E-state index contributed by atoms with van der Waals surface area (Å²) in [5.41, 5.74) is 2.54. The Hall–Kier alpha value is -1.98. The molecule has 0 aliphatic carbocycles. The number of nitrogens with one attached hydrogen (secondary N) is 1. The molecule has 2 N–H and O–H groups in total. The van der Waals surface area contributed by atoms with Crippen LogP contribution in [0.4, 0.5) is 5.82 Å². The van der Waals surface area contributed by atoms with E-state index in [0.717, 1.165) is 12.2 Å². The van der Waals surface area contributed by atoms with Crippen LogP contribution < -0.4 is 5.32 Å². The zero-order valence-corrected chi connectivity index (χ0v) is 12.4. The van der Waals surface area contributed by atoms with Gasteiger partial charge in [0.1, 0.15) is 5.82 Å². The molecule has 21 heavy (non-hydrogen) atoms. The van der Waals surface area contributed by atoms with Crippen molar-refractivity contribution in [1.29, 1.82) is 0 Å². The molecule has 1 atom stereocenters. The number of fused-ring (bicyclic) bond motifs is 1. The van der Waals surface area contributed by atoms with Gasteiger partial charge in [0, 0.05) is 12.7 Å². The lowest BCUT2D eigenvalue weighted by molar-refractivity contribution is 0.168. The number of rotatable bonds is 2. The summed E-state index contributed by atoms with van der Waals surface area (Å²) >= 11 is 5.49. The summed E-state index contributed by atoms with van der Waals surface area (Å²) in [4.78, 5) is 6.26. The van der Waals surface area contributed by atoms with Crippen LogP contribution in [0.25, 0.3) is 0 Å². The van der Waals surface area contributed by atoms with Crippen LogP contribution >= 0.6 is 12.2 Å². The zero-order chi connectivity index (χ0) is 14.7. The number of thiocarbonyl (C=S) groups is 1. The molecule has 5 heteroatoms. The predicted octanol–water partition coefficient (Wildman–Crippen LogP) is 2.20. The minimum absolute atomic E-state index is 0.00334. The van der Waals surface area contributed by atoms with Crippen molar-refractivity contribution >= 4 is 23.1 Å². The quantitative estimate of drug-likeness (QED) is 0.833. The minimum atomic E-state index is 0.00334. The zero-order valence-electron chi connectivity index (χ0n) is 11.6. The Morgan fingerprint density at radius 3 is 2.71 bits per heavy atom. The Morgan fingerprint density at radius 1 is 1.24 bits per heavy atom. The largest absolute Gasteiger partial charge is 0.394 e. The maximum Gasteiger partial charge on any atom is 0.175 e. The molecular formula is C16H17N3OS. The number of anilines is 1. The fourth-order valence-electron chi connectivity index (χ4n) is 2.61. The van der Waals surface area contributed by atoms with Crippen LogP contribution in [0.3, 0.4) is 0 Å². The standard InChI is InChI=1S/C16H17N3OS/c20-11-14-9-12-5-1-2-6-13(12)10-19(14)16(21)18-15-7-3-4-8-17-15/h1-8,14,20H,9-11H2,(H,17,18,21). The van der Waals surface area contributed by atoms with E-state index in [9.17, 15) is 5.11 Å². The third kappa shape index (κ3) is 3.04. The van der Waals surface area contributed by atoms with Crippen molar-refractivity contribution in [3.63, 3.8) is 0 Å². The van der Waals surface area contributed by atoms with Crippen LogP contribution in [-0.2, 0) is 13.0 Å². The van der Waals surface area contributed by atoms with E-state index in [-0.39, 0.29) is 12.6 Å². The summed E-state index contributed by atoms with van der Waals surface area (Å²) in [7, 11) is 0. The Morgan fingerprint density at radius 2 is 2.00 bits per heavy atom. The van der Waals surface area contributed by atoms with E-state index in [1.54, 1.807) is 6.20 Å². The maximum atomic E-state index is 9.66. The van der Waals surface area contributed by atoms with Gasteiger partial charge in [-0.25, -0.2) is 4.98 Å². The van der Waals surface area contributed by atoms with E-state index >= 15 is 0 Å². The summed E-state index contributed by atoms with van der Waals surface area (Å²) in [6.07, 6.45) is 2.52. The van der Waals surface area contributed by atoms with Gasteiger partial charge in [-0.15, -0.1) is 0 Å². The minimum Gasteiger partial charge on any atom is -0.394 e. The molecule has 0 saturated heterocycles. The van der Waals surface area contributed by atoms with Crippen LogP contribution in [0, 0.1) is 0 Å². The monoisotopic (exact) mass is 299 g/mol. The first kappa shape index (κ1) is 14.0. The summed E-state index contributed by atoms with van der Waals surface area (Å²) in [5, 5.41) is 13.4. The molecule has 0 amide bonds. The number of nitrogens with zero attached hydrogens (tertiary/aromatic N) is 2. The Balaban J connectivity index is 1.79. The summed E-state index contributed by atoms with van der Waals surface area (Å²) < 4.78 is 0. The summed E-state index contributed by atoms with van der Waals surface area (Å²) in [5.74, 6) is 0.720. The van der Waals surface area contributed by atoms with Gasteiger partial charge in [-0.1, -0.05) is 30.3 Å². The van der Waals surface area contributed by atoms with Crippen molar-refractivity contribution < 1.29 is 5.11 Å². The molecule has 2 aromatic rings. The topological polar surface area (TPSA) is 48.4 Å². The molecule has 0 radical (unpaired) electrons. The molecule has 0 saturated carbocycles. The van der Waals surface area contributed by atoms with Crippen LogP contribution in [-0.4, -0.2) is 32.8 Å². The number of aliphatic hydroxyl groups is 1. The first-order valence-corrected chi connectivity index (χ1v) is 7.35. The summed E-state index contributed by atoms with van der Waals surface area (Å²) in [6, 6.07) is 13.9. The highest BCUT2D eigenvalue weighted by Crippen LogP contribution is 2.23. The Labute approximate surface area is 129 Å². The van der Waals surface area contributed by atoms with Crippen molar-refractivity contribution in [1.82, 2.24) is 9.88 Å². The molecule has 0 bridgehead atoms. The molecule has 3 rings (SSSR count). The molecule has 1 unspecified atom stereocenters. The number of pyridine rings is 1. The molecule has 0 spiro atoms. The van der Waals surface area contributed by atoms with Crippen LogP contribution in [0.1, 0.15) is 11.1 Å². The average molecular weight is 299 g/mol. The van der Waals surface area contributed by atoms with Gasteiger partial charge in [-0.2, -0.15) is 0 Å². The Bertz CT molecular complexity index is 632. The van der Waals surface area contributed by atoms with E-state index in [0.29, 0.717) is 11.7 Å². The second-order valence-electron chi connectivity index (χ2n) is 5.08. The fourth-order valence-corrected chi connectivity index (χ4v) is 2.92. The lowest BCUT2D eigenvalue weighted by atomic mass is 9.95. The number of hydrogen-bond acceptors (Lipinski definition) is 3. The summed E-state index contributed by atoms with van der Waals surface area (Å²) in [6.45, 7) is 0.790. The van der Waals surface area contributed by atoms with Crippen molar-refractivity contribution in [2.45, 2.75) is 19.0 Å². The highest BCUT2D eigenvalue weighted by molar-refractivity contribution is 7.80. The fraction of sp³-hybridized carbons (Fsp3) is 0.250. The molecule has 2 heterocycles. The van der Waals surface area contributed by atoms with Crippen molar-refractivity contribution in [2.24, 2.45) is 0 Å². The maximum absolute atomic E-state index is 9.66. The van der Waals surface area contributed by atoms with Crippen molar-refractivity contribution in [2.75, 3.05) is 11.9 Å². The second kappa shape index (κ2) is 6.20. The van der Waals surface area contributed by atoms with Crippen LogP contribution in [0.2, 0.25) is 0 Å². The third-order valence-corrected chi connectivity index (χ3v) is 4.06. The van der Waals surface area contributed by atoms with Gasteiger partial charge < -0.3 is 15.3 Å². The van der Waals surface area contributed by atoms with Crippen LogP contribution in [0.5, 0.6) is 0 Å². The molecule has 108 valence electrons. The van der Waals surface area contributed by atoms with E-state index in [2.05, 4.69) is 22.4 Å². The molecule has 1 aliphatic rings. The predicted molar refractivity (Wildman–Crippen MR) is 87.0 cm³/mol. The molecule has 4 nitrogen and oxygen atoms in total. The van der Waals surface area contributed by atoms with Crippen LogP contribution in [0.15, 0.2) is 48.7 Å². The van der Waals surface area contributed by atoms with Gasteiger partial charge in [0.25, 0.3) is 0 Å². The van der Waals surface area contributed by atoms with Gasteiger partial charge in [0.15, 0.2) is 5.11 Å². The lowest BCUT2D eigenvalue weighted by Gasteiger charge is -2.37. The second-order valence-corrected chi connectivity index (χ2v) is 5.47. The highest BCUT2D eigenvalue weighted by Gasteiger charge is 2.27. The molecule has 0 fully saturated rings. The Kier molecular flexibility index (Phi) is 4.13. The number of benzene rings is 1. The third-order valence-electron chi connectivity index (χ3n) is 3.73. The van der Waals surface area contributed by atoms with E-state index < -0.39 is 0 Å². The van der Waals surface area contributed by atoms with Gasteiger partial charge >= 0.3 is 0 Å². The number of hydrogen-bond donors (Lipinski definition) is 2. The first-order chi connectivity index (χ1) is 10.3. The van der Waals surface area contributed by atoms with Gasteiger partial charge in [0.2, 0.25) is 0 Å². The highest BCUT2D eigenvalue weighted by atomic mass is 32.1. The van der Waals surface area contributed by atoms with Gasteiger partial charge in [-0.3, -0.25) is 0 Å². The normalized spacial score (nSPS) is 17.2. The molecular weight excluding hydrogens is 282 g/mol. The average Bonchev–Trinajstić information content (AvgIpc) is 2.54. The smallest absolute Gasteiger partial charge is 0.175 e. The van der Waals surface area contributed by atoms with Crippen molar-refractivity contribution in [3.8, 4) is 0 Å². The lowest BCUT2D eigenvalue weighted by Crippen LogP contribution is -2.48. The van der Waals surface area contributed by atoms with E-state index in [1.165, 1.54) is 11.1 Å². The number of aliphatic hydroxyl groups excluding tert-OH is 1. The SMILES string of the molecule is OCC1Cc2ccccc2CN1C(=S)Nc1ccccn1. The molecule has 1 aliphatic heterocycles. The molecule has 1 aromatic carbocycles. The number of aromatic nitrogens is 1. The molecule has 1 aromatic heterocycles. The van der Waals surface area contributed by atoms with Crippen molar-refractivity contribution in [3.05, 3.63) is 59.8 Å². The van der Waals surface area contributed by atoms with Gasteiger partial charge in [-0.05, 0) is 41.9 Å². The van der Waals surface area contributed by atoms with E-state index in [4.69, 9.17) is 12.2 Å².